The number of anilines is 1. The number of ether oxygens (including phenoxy) is 3. The first-order chi connectivity index (χ1) is 12.0. The van der Waals surface area contributed by atoms with Crippen molar-refractivity contribution in [1.82, 2.24) is 0 Å². The van der Waals surface area contributed by atoms with E-state index in [0.29, 0.717) is 17.2 Å². The van der Waals surface area contributed by atoms with Gasteiger partial charge in [0.15, 0.2) is 6.10 Å². The summed E-state index contributed by atoms with van der Waals surface area (Å²) in [5, 5.41) is 2.69. The number of rotatable bonds is 7. The van der Waals surface area contributed by atoms with E-state index < -0.39 is 18.0 Å². The summed E-state index contributed by atoms with van der Waals surface area (Å²) < 4.78 is 15.3. The van der Waals surface area contributed by atoms with Crippen LogP contribution in [0.5, 0.6) is 11.5 Å². The molecule has 0 bridgehead atoms. The highest BCUT2D eigenvalue weighted by molar-refractivity contribution is 5.95. The van der Waals surface area contributed by atoms with Gasteiger partial charge in [0, 0.05) is 5.69 Å². The number of carbonyl (C=O) groups excluding carboxylic acids is 2. The summed E-state index contributed by atoms with van der Waals surface area (Å²) in [5.74, 6) is 0.539. The molecule has 0 saturated carbocycles. The number of hydrogen-bond donors (Lipinski definition) is 1. The molecule has 0 saturated heterocycles. The van der Waals surface area contributed by atoms with Crippen LogP contribution in [-0.2, 0) is 20.7 Å². The second-order valence-electron chi connectivity index (χ2n) is 5.37. The minimum atomic E-state index is -0.896. The van der Waals surface area contributed by atoms with Gasteiger partial charge in [0.25, 0.3) is 5.91 Å². The zero-order valence-corrected chi connectivity index (χ0v) is 14.4. The molecule has 1 atom stereocenters. The van der Waals surface area contributed by atoms with Crippen molar-refractivity contribution in [2.75, 3.05) is 19.5 Å². The molecule has 2 aromatic carbocycles. The molecule has 0 aliphatic rings. The van der Waals surface area contributed by atoms with E-state index in [1.807, 2.05) is 0 Å². The van der Waals surface area contributed by atoms with Crippen LogP contribution in [-0.4, -0.2) is 32.2 Å². The van der Waals surface area contributed by atoms with Crippen molar-refractivity contribution in [1.29, 1.82) is 0 Å². The van der Waals surface area contributed by atoms with Gasteiger partial charge < -0.3 is 19.5 Å². The number of amides is 1. The summed E-state index contributed by atoms with van der Waals surface area (Å²) in [4.78, 5) is 24.1. The monoisotopic (exact) mass is 343 g/mol. The third-order valence-electron chi connectivity index (χ3n) is 3.54. The van der Waals surface area contributed by atoms with Gasteiger partial charge in [0.1, 0.15) is 11.5 Å². The lowest BCUT2D eigenvalue weighted by molar-refractivity contribution is -0.152. The third-order valence-corrected chi connectivity index (χ3v) is 3.54. The largest absolute Gasteiger partial charge is 0.497 e. The maximum absolute atomic E-state index is 12.1. The Morgan fingerprint density at radius 1 is 0.920 bits per heavy atom. The molecule has 0 heterocycles. The van der Waals surface area contributed by atoms with E-state index in [4.69, 9.17) is 14.2 Å². The van der Waals surface area contributed by atoms with Crippen molar-refractivity contribution < 1.29 is 23.8 Å². The minimum Gasteiger partial charge on any atom is -0.497 e. The maximum Gasteiger partial charge on any atom is 0.311 e. The quantitative estimate of drug-likeness (QED) is 0.783. The van der Waals surface area contributed by atoms with Crippen LogP contribution in [0.15, 0.2) is 48.5 Å². The highest BCUT2D eigenvalue weighted by atomic mass is 16.5. The van der Waals surface area contributed by atoms with Crippen molar-refractivity contribution in [2.24, 2.45) is 0 Å². The lowest BCUT2D eigenvalue weighted by Crippen LogP contribution is -2.30. The zero-order chi connectivity index (χ0) is 18.2. The highest BCUT2D eigenvalue weighted by Crippen LogP contribution is 2.16. The van der Waals surface area contributed by atoms with Gasteiger partial charge in [-0.05, 0) is 48.9 Å². The van der Waals surface area contributed by atoms with Crippen molar-refractivity contribution in [3.05, 3.63) is 54.1 Å². The summed E-state index contributed by atoms with van der Waals surface area (Å²) in [6.45, 7) is 1.53. The highest BCUT2D eigenvalue weighted by Gasteiger charge is 2.18. The van der Waals surface area contributed by atoms with Crippen LogP contribution < -0.4 is 14.8 Å². The molecule has 0 spiro atoms. The van der Waals surface area contributed by atoms with Crippen LogP contribution in [0.1, 0.15) is 12.5 Å². The number of carbonyl (C=O) groups is 2. The fourth-order valence-electron chi connectivity index (χ4n) is 2.12. The molecule has 0 fully saturated rings. The first kappa shape index (κ1) is 18.3. The van der Waals surface area contributed by atoms with Crippen molar-refractivity contribution in [3.63, 3.8) is 0 Å². The van der Waals surface area contributed by atoms with E-state index in [1.54, 1.807) is 62.8 Å². The van der Waals surface area contributed by atoms with Crippen LogP contribution in [0, 0.1) is 0 Å². The Labute approximate surface area is 146 Å². The summed E-state index contributed by atoms with van der Waals surface area (Å²) >= 11 is 0. The molecule has 25 heavy (non-hydrogen) atoms. The second-order valence-corrected chi connectivity index (χ2v) is 5.37. The van der Waals surface area contributed by atoms with Crippen LogP contribution in [0.4, 0.5) is 5.69 Å². The van der Waals surface area contributed by atoms with Crippen molar-refractivity contribution >= 4 is 17.6 Å². The van der Waals surface area contributed by atoms with Crippen LogP contribution in [0.3, 0.4) is 0 Å². The molecule has 6 nitrogen and oxygen atoms in total. The normalized spacial score (nSPS) is 11.3. The van der Waals surface area contributed by atoms with E-state index in [2.05, 4.69) is 5.32 Å². The molecule has 1 N–H and O–H groups in total. The average molecular weight is 343 g/mol. The first-order valence-corrected chi connectivity index (χ1v) is 7.79. The molecule has 0 aliphatic heterocycles. The van der Waals surface area contributed by atoms with Crippen LogP contribution in [0.25, 0.3) is 0 Å². The van der Waals surface area contributed by atoms with Gasteiger partial charge in [0.05, 0.1) is 20.6 Å². The lowest BCUT2D eigenvalue weighted by atomic mass is 10.1. The van der Waals surface area contributed by atoms with Gasteiger partial charge in [-0.3, -0.25) is 9.59 Å². The zero-order valence-electron chi connectivity index (χ0n) is 14.4. The molecular weight excluding hydrogens is 322 g/mol. The molecule has 132 valence electrons. The number of nitrogens with one attached hydrogen (secondary N) is 1. The standard InChI is InChI=1S/C19H21NO5/c1-13(19(22)20-15-6-10-17(24-3)11-7-15)25-18(21)12-14-4-8-16(23-2)9-5-14/h4-11,13H,12H2,1-3H3,(H,20,22)/t13-/m0/s1. The SMILES string of the molecule is COc1ccc(CC(=O)O[C@@H](C)C(=O)Nc2ccc(OC)cc2)cc1. The van der Waals surface area contributed by atoms with Crippen molar-refractivity contribution in [2.45, 2.75) is 19.4 Å². The van der Waals surface area contributed by atoms with Gasteiger partial charge >= 0.3 is 5.97 Å². The Morgan fingerprint density at radius 3 is 1.96 bits per heavy atom. The number of methoxy groups -OCH3 is 2. The Balaban J connectivity index is 1.85. The van der Waals surface area contributed by atoms with Gasteiger partial charge in [-0.15, -0.1) is 0 Å². The second kappa shape index (κ2) is 8.73. The van der Waals surface area contributed by atoms with Gasteiger partial charge in [-0.1, -0.05) is 12.1 Å². The number of hydrogen-bond acceptors (Lipinski definition) is 5. The minimum absolute atomic E-state index is 0.0875. The smallest absolute Gasteiger partial charge is 0.311 e. The van der Waals surface area contributed by atoms with Gasteiger partial charge in [0.2, 0.25) is 0 Å². The molecule has 0 radical (unpaired) electrons. The number of benzene rings is 2. The van der Waals surface area contributed by atoms with Crippen LogP contribution >= 0.6 is 0 Å². The predicted octanol–water partition coefficient (Wildman–Crippen LogP) is 2.82. The lowest BCUT2D eigenvalue weighted by Gasteiger charge is -2.14. The van der Waals surface area contributed by atoms with E-state index in [-0.39, 0.29) is 6.42 Å². The summed E-state index contributed by atoms with van der Waals surface area (Å²) in [6.07, 6.45) is -0.808. The van der Waals surface area contributed by atoms with E-state index >= 15 is 0 Å². The number of esters is 1. The summed E-state index contributed by atoms with van der Waals surface area (Å²) in [5.41, 5.74) is 1.39. The Kier molecular flexibility index (Phi) is 6.39. The average Bonchev–Trinajstić information content (AvgIpc) is 2.62. The topological polar surface area (TPSA) is 73.9 Å². The summed E-state index contributed by atoms with van der Waals surface area (Å²) in [7, 11) is 3.14. The molecule has 2 rings (SSSR count). The first-order valence-electron chi connectivity index (χ1n) is 7.79. The van der Waals surface area contributed by atoms with Crippen molar-refractivity contribution in [3.8, 4) is 11.5 Å². The Bertz CT molecular complexity index is 710. The fraction of sp³-hybridized carbons (Fsp3) is 0.263. The van der Waals surface area contributed by atoms with Crippen LogP contribution in [0.2, 0.25) is 0 Å². The molecular formula is C19H21NO5. The van der Waals surface area contributed by atoms with E-state index in [9.17, 15) is 9.59 Å². The predicted molar refractivity (Wildman–Crippen MR) is 93.9 cm³/mol. The fourth-order valence-corrected chi connectivity index (χ4v) is 2.12. The maximum atomic E-state index is 12.1. The Morgan fingerprint density at radius 2 is 1.44 bits per heavy atom. The molecule has 6 heteroatoms. The Hall–Kier alpha value is -3.02. The third kappa shape index (κ3) is 5.53. The summed E-state index contributed by atoms with van der Waals surface area (Å²) in [6, 6.07) is 14.0. The molecule has 0 aliphatic carbocycles. The molecule has 0 unspecified atom stereocenters. The molecule has 2 aromatic rings. The molecule has 1 amide bonds. The van der Waals surface area contributed by atoms with Gasteiger partial charge in [-0.2, -0.15) is 0 Å². The van der Waals surface area contributed by atoms with Gasteiger partial charge in [-0.25, -0.2) is 0 Å². The van der Waals surface area contributed by atoms with E-state index in [1.165, 1.54) is 6.92 Å². The molecule has 0 aromatic heterocycles. The van der Waals surface area contributed by atoms with E-state index in [0.717, 1.165) is 5.56 Å².